The molecule has 6 heteroatoms. The van der Waals surface area contributed by atoms with Gasteiger partial charge in [0.25, 0.3) is 0 Å². The Morgan fingerprint density at radius 2 is 2.30 bits per heavy atom. The molecule has 0 N–H and O–H groups in total. The Morgan fingerprint density at radius 3 is 3.09 bits per heavy atom. The first-order valence-electron chi connectivity index (χ1n) is 8.34. The number of aromatic nitrogens is 2. The predicted octanol–water partition coefficient (Wildman–Crippen LogP) is 2.51. The fraction of sp³-hybridized carbons (Fsp3) is 0.529. The summed E-state index contributed by atoms with van der Waals surface area (Å²) in [6.45, 7) is 4.75. The molecular weight excluding hydrogens is 308 g/mol. The Balaban J connectivity index is 1.43. The first kappa shape index (κ1) is 14.9. The number of fused-ring (bicyclic) bond motifs is 1. The van der Waals surface area contributed by atoms with E-state index in [1.807, 2.05) is 22.4 Å². The molecule has 0 radical (unpaired) electrons. The van der Waals surface area contributed by atoms with Gasteiger partial charge in [0, 0.05) is 50.2 Å². The Morgan fingerprint density at radius 1 is 1.35 bits per heavy atom. The summed E-state index contributed by atoms with van der Waals surface area (Å²) in [5, 5.41) is 6.66. The van der Waals surface area contributed by atoms with Crippen molar-refractivity contribution in [3.05, 3.63) is 40.3 Å². The van der Waals surface area contributed by atoms with Gasteiger partial charge in [-0.1, -0.05) is 6.07 Å². The monoisotopic (exact) mass is 330 g/mol. The van der Waals surface area contributed by atoms with E-state index in [1.165, 1.54) is 10.6 Å². The standard InChI is InChI=1S/C17H22N4OS/c22-17-4-1-8-20(17)9-6-15-12-19(13-16-3-2-10-23-16)11-14-5-7-18-21(14)15/h2-3,5,7,10,15H,1,4,6,8-9,11-13H2. The topological polar surface area (TPSA) is 41.4 Å². The van der Waals surface area contributed by atoms with Crippen LogP contribution in [0.4, 0.5) is 0 Å². The molecule has 23 heavy (non-hydrogen) atoms. The Bertz CT molecular complexity index is 666. The molecule has 1 fully saturated rings. The Kier molecular flexibility index (Phi) is 4.18. The highest BCUT2D eigenvalue weighted by Gasteiger charge is 2.27. The molecule has 0 aromatic carbocycles. The third-order valence-electron chi connectivity index (χ3n) is 4.82. The van der Waals surface area contributed by atoms with E-state index in [9.17, 15) is 4.79 Å². The van der Waals surface area contributed by atoms with E-state index >= 15 is 0 Å². The number of hydrogen-bond acceptors (Lipinski definition) is 4. The van der Waals surface area contributed by atoms with E-state index < -0.39 is 0 Å². The zero-order valence-electron chi connectivity index (χ0n) is 13.2. The molecule has 4 rings (SSSR count). The third-order valence-corrected chi connectivity index (χ3v) is 5.68. The van der Waals surface area contributed by atoms with Gasteiger partial charge in [0.1, 0.15) is 0 Å². The van der Waals surface area contributed by atoms with Crippen LogP contribution in [-0.4, -0.2) is 45.1 Å². The number of rotatable bonds is 5. The van der Waals surface area contributed by atoms with Crippen LogP contribution in [0.3, 0.4) is 0 Å². The summed E-state index contributed by atoms with van der Waals surface area (Å²) in [6.07, 6.45) is 4.63. The van der Waals surface area contributed by atoms with Crippen molar-refractivity contribution in [1.82, 2.24) is 19.6 Å². The lowest BCUT2D eigenvalue weighted by Crippen LogP contribution is -2.39. The molecule has 0 saturated carbocycles. The first-order valence-corrected chi connectivity index (χ1v) is 9.22. The van der Waals surface area contributed by atoms with Crippen LogP contribution in [0.25, 0.3) is 0 Å². The van der Waals surface area contributed by atoms with Crippen molar-refractivity contribution in [2.45, 2.75) is 38.4 Å². The average Bonchev–Trinajstić information content (AvgIpc) is 3.27. The zero-order valence-corrected chi connectivity index (χ0v) is 14.0. The molecule has 1 atom stereocenters. The van der Waals surface area contributed by atoms with Crippen LogP contribution in [0, 0.1) is 0 Å². The molecule has 0 spiro atoms. The molecule has 4 heterocycles. The van der Waals surface area contributed by atoms with Gasteiger partial charge in [0.05, 0.1) is 11.7 Å². The van der Waals surface area contributed by atoms with Crippen molar-refractivity contribution in [2.24, 2.45) is 0 Å². The number of likely N-dealkylation sites (tertiary alicyclic amines) is 1. The van der Waals surface area contributed by atoms with Gasteiger partial charge in [0.2, 0.25) is 5.91 Å². The van der Waals surface area contributed by atoms with Gasteiger partial charge in [-0.25, -0.2) is 0 Å². The number of amides is 1. The van der Waals surface area contributed by atoms with E-state index in [1.54, 1.807) is 0 Å². The summed E-state index contributed by atoms with van der Waals surface area (Å²) >= 11 is 1.82. The minimum atomic E-state index is 0.317. The summed E-state index contributed by atoms with van der Waals surface area (Å²) in [5.41, 5.74) is 1.28. The largest absolute Gasteiger partial charge is 0.343 e. The van der Waals surface area contributed by atoms with Crippen molar-refractivity contribution in [3.8, 4) is 0 Å². The van der Waals surface area contributed by atoms with Gasteiger partial charge < -0.3 is 4.90 Å². The number of hydrogen-bond donors (Lipinski definition) is 0. The lowest BCUT2D eigenvalue weighted by Gasteiger charge is -2.34. The lowest BCUT2D eigenvalue weighted by molar-refractivity contribution is -0.127. The molecule has 0 bridgehead atoms. The number of thiophene rings is 1. The molecule has 2 aliphatic heterocycles. The highest BCUT2D eigenvalue weighted by molar-refractivity contribution is 7.09. The fourth-order valence-electron chi connectivity index (χ4n) is 3.67. The highest BCUT2D eigenvalue weighted by atomic mass is 32.1. The molecule has 5 nitrogen and oxygen atoms in total. The fourth-order valence-corrected chi connectivity index (χ4v) is 4.41. The van der Waals surface area contributed by atoms with Crippen LogP contribution >= 0.6 is 11.3 Å². The first-order chi connectivity index (χ1) is 11.3. The van der Waals surface area contributed by atoms with Crippen molar-refractivity contribution in [3.63, 3.8) is 0 Å². The summed E-state index contributed by atoms with van der Waals surface area (Å²) in [6, 6.07) is 6.80. The van der Waals surface area contributed by atoms with Gasteiger partial charge in [-0.15, -0.1) is 11.3 Å². The molecule has 2 aromatic rings. The van der Waals surface area contributed by atoms with Gasteiger partial charge in [0.15, 0.2) is 0 Å². The Labute approximate surface area is 140 Å². The molecule has 1 saturated heterocycles. The van der Waals surface area contributed by atoms with Crippen LogP contribution in [-0.2, 0) is 17.9 Å². The smallest absolute Gasteiger partial charge is 0.222 e. The van der Waals surface area contributed by atoms with Gasteiger partial charge in [-0.3, -0.25) is 14.4 Å². The van der Waals surface area contributed by atoms with Crippen LogP contribution in [0.1, 0.15) is 35.9 Å². The third kappa shape index (κ3) is 3.19. The van der Waals surface area contributed by atoms with Crippen LogP contribution in [0.5, 0.6) is 0 Å². The minimum Gasteiger partial charge on any atom is -0.343 e. The predicted molar refractivity (Wildman–Crippen MR) is 90.1 cm³/mol. The van der Waals surface area contributed by atoms with Crippen molar-refractivity contribution in [1.29, 1.82) is 0 Å². The normalized spacial score (nSPS) is 21.8. The second-order valence-corrected chi connectivity index (χ2v) is 7.48. The summed E-state index contributed by atoms with van der Waals surface area (Å²) in [7, 11) is 0. The van der Waals surface area contributed by atoms with Gasteiger partial charge in [-0.05, 0) is 30.4 Å². The van der Waals surface area contributed by atoms with Crippen molar-refractivity contribution >= 4 is 17.2 Å². The second-order valence-electron chi connectivity index (χ2n) is 6.44. The van der Waals surface area contributed by atoms with E-state index in [4.69, 9.17) is 0 Å². The molecule has 2 aliphatic rings. The molecule has 122 valence electrons. The van der Waals surface area contributed by atoms with Crippen LogP contribution < -0.4 is 0 Å². The van der Waals surface area contributed by atoms with Crippen LogP contribution in [0.2, 0.25) is 0 Å². The second kappa shape index (κ2) is 6.45. The molecule has 1 amide bonds. The highest BCUT2D eigenvalue weighted by Crippen LogP contribution is 2.26. The van der Waals surface area contributed by atoms with E-state index in [2.05, 4.69) is 38.3 Å². The van der Waals surface area contributed by atoms with Gasteiger partial charge in [-0.2, -0.15) is 5.10 Å². The maximum Gasteiger partial charge on any atom is 0.222 e. The number of carbonyl (C=O) groups is 1. The zero-order chi connectivity index (χ0) is 15.6. The molecule has 0 aliphatic carbocycles. The number of nitrogens with zero attached hydrogens (tertiary/aromatic N) is 4. The molecule has 1 unspecified atom stereocenters. The lowest BCUT2D eigenvalue weighted by atomic mass is 10.1. The van der Waals surface area contributed by atoms with Crippen LogP contribution in [0.15, 0.2) is 29.8 Å². The van der Waals surface area contributed by atoms with Crippen molar-refractivity contribution < 1.29 is 4.79 Å². The van der Waals surface area contributed by atoms with Crippen molar-refractivity contribution in [2.75, 3.05) is 19.6 Å². The van der Waals surface area contributed by atoms with E-state index in [0.717, 1.165) is 52.0 Å². The SMILES string of the molecule is O=C1CCCN1CCC1CN(Cc2cccs2)Cc2ccnn21. The maximum atomic E-state index is 11.8. The molecular formula is C17H22N4OS. The number of carbonyl (C=O) groups excluding carboxylic acids is 1. The van der Waals surface area contributed by atoms with Gasteiger partial charge >= 0.3 is 0 Å². The quantitative estimate of drug-likeness (QED) is 0.846. The summed E-state index contributed by atoms with van der Waals surface area (Å²) < 4.78 is 2.17. The van der Waals surface area contributed by atoms with E-state index in [0.29, 0.717) is 11.9 Å². The Hall–Kier alpha value is -1.66. The summed E-state index contributed by atoms with van der Waals surface area (Å²) in [4.78, 5) is 17.7. The summed E-state index contributed by atoms with van der Waals surface area (Å²) in [5.74, 6) is 0.317. The van der Waals surface area contributed by atoms with E-state index in [-0.39, 0.29) is 0 Å². The minimum absolute atomic E-state index is 0.317. The average molecular weight is 330 g/mol. The molecule has 2 aromatic heterocycles. The maximum absolute atomic E-state index is 11.8.